The first-order chi connectivity index (χ1) is 13.6. The van der Waals surface area contributed by atoms with E-state index in [1.54, 1.807) is 17.5 Å². The van der Waals surface area contributed by atoms with Gasteiger partial charge in [-0.3, -0.25) is 10.1 Å². The van der Waals surface area contributed by atoms with E-state index in [1.807, 2.05) is 43.3 Å². The lowest BCUT2D eigenvalue weighted by atomic mass is 10.1. The molecule has 6 nitrogen and oxygen atoms in total. The van der Waals surface area contributed by atoms with Crippen molar-refractivity contribution in [3.8, 4) is 0 Å². The van der Waals surface area contributed by atoms with Crippen LogP contribution < -0.4 is 16.0 Å². The van der Waals surface area contributed by atoms with Crippen LogP contribution in [0.5, 0.6) is 0 Å². The van der Waals surface area contributed by atoms with Gasteiger partial charge in [-0.25, -0.2) is 9.78 Å². The highest BCUT2D eigenvalue weighted by Gasteiger charge is 2.14. The molecule has 0 saturated heterocycles. The van der Waals surface area contributed by atoms with Gasteiger partial charge in [-0.15, -0.1) is 11.3 Å². The van der Waals surface area contributed by atoms with Gasteiger partial charge in [0.25, 0.3) is 5.91 Å². The van der Waals surface area contributed by atoms with Crippen LogP contribution in [0.1, 0.15) is 29.4 Å². The zero-order valence-electron chi connectivity index (χ0n) is 15.5. The number of benzene rings is 2. The van der Waals surface area contributed by atoms with Crippen LogP contribution in [-0.4, -0.2) is 23.0 Å². The molecule has 144 valence electrons. The average molecular weight is 395 g/mol. The van der Waals surface area contributed by atoms with Crippen LogP contribution in [0, 0.1) is 0 Å². The Bertz CT molecular complexity index is 912. The lowest BCUT2D eigenvalue weighted by molar-refractivity contribution is 0.0934. The van der Waals surface area contributed by atoms with Crippen molar-refractivity contribution in [1.82, 2.24) is 10.3 Å². The minimum Gasteiger partial charge on any atom is -0.348 e. The van der Waals surface area contributed by atoms with Crippen LogP contribution in [0.3, 0.4) is 0 Å². The number of aromatic nitrogens is 1. The Labute approximate surface area is 168 Å². The molecule has 7 heteroatoms. The van der Waals surface area contributed by atoms with E-state index in [-0.39, 0.29) is 11.9 Å². The fourth-order valence-corrected chi connectivity index (χ4v) is 3.30. The van der Waals surface area contributed by atoms with Gasteiger partial charge in [0.1, 0.15) is 5.69 Å². The summed E-state index contributed by atoms with van der Waals surface area (Å²) in [4.78, 5) is 28.6. The highest BCUT2D eigenvalue weighted by molar-refractivity contribution is 7.14. The smallest absolute Gasteiger partial charge is 0.325 e. The van der Waals surface area contributed by atoms with Gasteiger partial charge >= 0.3 is 6.03 Å². The van der Waals surface area contributed by atoms with Crippen LogP contribution in [0.4, 0.5) is 15.6 Å². The molecule has 0 aliphatic carbocycles. The minimum atomic E-state index is -0.399. The van der Waals surface area contributed by atoms with E-state index >= 15 is 0 Å². The second-order valence-corrected chi connectivity index (χ2v) is 7.24. The summed E-state index contributed by atoms with van der Waals surface area (Å²) < 4.78 is 0. The van der Waals surface area contributed by atoms with Crippen LogP contribution in [0.25, 0.3) is 0 Å². The summed E-state index contributed by atoms with van der Waals surface area (Å²) in [5, 5.41) is 10.3. The number of rotatable bonds is 7. The number of para-hydroxylation sites is 1. The molecule has 3 N–H and O–H groups in total. The molecule has 0 aliphatic heterocycles. The number of urea groups is 1. The molecule has 0 radical (unpaired) electrons. The molecule has 0 spiro atoms. The van der Waals surface area contributed by atoms with Crippen molar-refractivity contribution in [3.05, 3.63) is 77.3 Å². The van der Waals surface area contributed by atoms with Crippen molar-refractivity contribution < 1.29 is 9.59 Å². The number of hydrogen-bond donors (Lipinski definition) is 3. The number of anilines is 2. The first-order valence-electron chi connectivity index (χ1n) is 9.03. The Morgan fingerprint density at radius 2 is 1.68 bits per heavy atom. The molecule has 0 fully saturated rings. The molecule has 0 aliphatic rings. The van der Waals surface area contributed by atoms with E-state index < -0.39 is 6.03 Å². The zero-order chi connectivity index (χ0) is 19.8. The largest absolute Gasteiger partial charge is 0.348 e. The molecule has 1 unspecified atom stereocenters. The van der Waals surface area contributed by atoms with Crippen LogP contribution in [0.15, 0.2) is 66.0 Å². The standard InChI is InChI=1S/C21H22N4O2S/c1-15(12-13-16-8-4-2-5-9-16)22-19(26)18-14-28-21(24-18)25-20(27)23-17-10-6-3-7-11-17/h2-11,14-15H,12-13H2,1H3,(H,22,26)(H2,23,24,25,27). The zero-order valence-corrected chi connectivity index (χ0v) is 16.3. The van der Waals surface area contributed by atoms with E-state index in [0.717, 1.165) is 12.8 Å². The molecule has 2 aromatic carbocycles. The van der Waals surface area contributed by atoms with Crippen molar-refractivity contribution in [2.24, 2.45) is 0 Å². The SMILES string of the molecule is CC(CCc1ccccc1)NC(=O)c1csc(NC(=O)Nc2ccccc2)n1. The van der Waals surface area contributed by atoms with Crippen LogP contribution in [-0.2, 0) is 6.42 Å². The number of thiazole rings is 1. The maximum Gasteiger partial charge on any atom is 0.325 e. The second kappa shape index (κ2) is 9.66. The lowest BCUT2D eigenvalue weighted by Crippen LogP contribution is -2.33. The summed E-state index contributed by atoms with van der Waals surface area (Å²) in [5.41, 5.74) is 2.22. The normalized spacial score (nSPS) is 11.5. The quantitative estimate of drug-likeness (QED) is 0.550. The molecular weight excluding hydrogens is 372 g/mol. The Morgan fingerprint density at radius 3 is 2.39 bits per heavy atom. The number of nitrogens with zero attached hydrogens (tertiary/aromatic N) is 1. The minimum absolute atomic E-state index is 0.0206. The summed E-state index contributed by atoms with van der Waals surface area (Å²) in [7, 11) is 0. The lowest BCUT2D eigenvalue weighted by Gasteiger charge is -2.12. The van der Waals surface area contributed by atoms with Crippen LogP contribution >= 0.6 is 11.3 Å². The first kappa shape index (κ1) is 19.6. The van der Waals surface area contributed by atoms with Crippen molar-refractivity contribution in [1.29, 1.82) is 0 Å². The fourth-order valence-electron chi connectivity index (χ4n) is 2.61. The molecule has 3 amide bonds. The molecule has 0 bridgehead atoms. The topological polar surface area (TPSA) is 83.1 Å². The molecule has 28 heavy (non-hydrogen) atoms. The summed E-state index contributed by atoms with van der Waals surface area (Å²) in [6.45, 7) is 1.97. The van der Waals surface area contributed by atoms with Gasteiger partial charge < -0.3 is 10.6 Å². The highest BCUT2D eigenvalue weighted by atomic mass is 32.1. The summed E-state index contributed by atoms with van der Waals surface area (Å²) in [6, 6.07) is 18.9. The molecule has 1 atom stereocenters. The Balaban J connectivity index is 1.47. The number of nitrogens with one attached hydrogen (secondary N) is 3. The summed E-state index contributed by atoms with van der Waals surface area (Å²) in [6.07, 6.45) is 1.73. The third-order valence-corrected chi connectivity index (χ3v) is 4.83. The van der Waals surface area contributed by atoms with Crippen molar-refractivity contribution in [2.75, 3.05) is 10.6 Å². The molecule has 3 aromatic rings. The fraction of sp³-hybridized carbons (Fsp3) is 0.190. The maximum atomic E-state index is 12.4. The highest BCUT2D eigenvalue weighted by Crippen LogP contribution is 2.16. The molecule has 3 rings (SSSR count). The first-order valence-corrected chi connectivity index (χ1v) is 9.91. The van der Waals surface area contributed by atoms with Gasteiger partial charge in [-0.05, 0) is 37.5 Å². The van der Waals surface area contributed by atoms with Gasteiger partial charge in [-0.2, -0.15) is 0 Å². The van der Waals surface area contributed by atoms with Crippen molar-refractivity contribution in [2.45, 2.75) is 25.8 Å². The molecule has 0 saturated carbocycles. The number of aryl methyl sites for hydroxylation is 1. The van der Waals surface area contributed by atoms with E-state index in [1.165, 1.54) is 16.9 Å². The third kappa shape index (κ3) is 5.92. The predicted octanol–water partition coefficient (Wildman–Crippen LogP) is 4.54. The van der Waals surface area contributed by atoms with Crippen molar-refractivity contribution in [3.63, 3.8) is 0 Å². The van der Waals surface area contributed by atoms with Gasteiger partial charge in [0.2, 0.25) is 0 Å². The number of hydrogen-bond acceptors (Lipinski definition) is 4. The second-order valence-electron chi connectivity index (χ2n) is 6.38. The van der Waals surface area contributed by atoms with Crippen LogP contribution in [0.2, 0.25) is 0 Å². The van der Waals surface area contributed by atoms with E-state index in [0.29, 0.717) is 16.5 Å². The van der Waals surface area contributed by atoms with Gasteiger partial charge in [-0.1, -0.05) is 48.5 Å². The Kier molecular flexibility index (Phi) is 6.75. The van der Waals surface area contributed by atoms with E-state index in [9.17, 15) is 9.59 Å². The van der Waals surface area contributed by atoms with Gasteiger partial charge in [0, 0.05) is 17.1 Å². The van der Waals surface area contributed by atoms with Crippen molar-refractivity contribution >= 4 is 34.1 Å². The predicted molar refractivity (Wildman–Crippen MR) is 113 cm³/mol. The number of carbonyl (C=O) groups is 2. The monoisotopic (exact) mass is 394 g/mol. The molecule has 1 aromatic heterocycles. The van der Waals surface area contributed by atoms with Gasteiger partial charge in [0.15, 0.2) is 5.13 Å². The van der Waals surface area contributed by atoms with E-state index in [2.05, 4.69) is 33.1 Å². The average Bonchev–Trinajstić information content (AvgIpc) is 3.16. The summed E-state index contributed by atoms with van der Waals surface area (Å²) >= 11 is 1.21. The summed E-state index contributed by atoms with van der Waals surface area (Å²) in [5.74, 6) is -0.242. The number of carbonyl (C=O) groups excluding carboxylic acids is 2. The van der Waals surface area contributed by atoms with Gasteiger partial charge in [0.05, 0.1) is 0 Å². The Hall–Kier alpha value is -3.19. The molecular formula is C21H22N4O2S. The molecule has 1 heterocycles. The Morgan fingerprint density at radius 1 is 1.00 bits per heavy atom. The third-order valence-electron chi connectivity index (χ3n) is 4.08. The number of amides is 3. The maximum absolute atomic E-state index is 12.4. The van der Waals surface area contributed by atoms with E-state index in [4.69, 9.17) is 0 Å².